The second-order valence-electron chi connectivity index (χ2n) is 5.45. The van der Waals surface area contributed by atoms with E-state index >= 15 is 0 Å². The Morgan fingerprint density at radius 1 is 1.18 bits per heavy atom. The highest BCUT2D eigenvalue weighted by molar-refractivity contribution is 5.81. The molecule has 0 spiro atoms. The molecule has 0 bridgehead atoms. The second kappa shape index (κ2) is 4.94. The molecule has 3 saturated heterocycles. The Balaban J connectivity index is 1.65. The molecule has 0 aromatic carbocycles. The normalized spacial score (nSPS) is 37.9. The zero-order valence-electron chi connectivity index (χ0n) is 10.4. The van der Waals surface area contributed by atoms with Crippen LogP contribution in [0.15, 0.2) is 0 Å². The minimum atomic E-state index is -0.142. The minimum absolute atomic E-state index is 0.142. The van der Waals surface area contributed by atoms with Gasteiger partial charge in [0.2, 0.25) is 0 Å². The summed E-state index contributed by atoms with van der Waals surface area (Å²) >= 11 is 0. The summed E-state index contributed by atoms with van der Waals surface area (Å²) in [5, 5.41) is 3.54. The van der Waals surface area contributed by atoms with Gasteiger partial charge in [-0.25, -0.2) is 0 Å². The first-order valence-corrected chi connectivity index (χ1v) is 7.02. The molecular weight excluding hydrogens is 216 g/mol. The molecule has 3 atom stereocenters. The van der Waals surface area contributed by atoms with Crippen LogP contribution in [0.2, 0.25) is 0 Å². The van der Waals surface area contributed by atoms with Gasteiger partial charge in [-0.2, -0.15) is 0 Å². The molecule has 0 aromatic rings. The Bertz CT molecular complexity index is 283. The molecule has 1 amide bonds. The first-order chi connectivity index (χ1) is 8.36. The summed E-state index contributed by atoms with van der Waals surface area (Å²) in [5.74, 6) is 0.249. The molecule has 3 unspecified atom stereocenters. The molecule has 3 aliphatic rings. The average molecular weight is 238 g/mol. The maximum Gasteiger partial charge on any atom is 0.252 e. The smallest absolute Gasteiger partial charge is 0.252 e. The monoisotopic (exact) mass is 238 g/mol. The van der Waals surface area contributed by atoms with E-state index in [1.807, 2.05) is 0 Å². The lowest BCUT2D eigenvalue weighted by Crippen LogP contribution is -2.49. The van der Waals surface area contributed by atoms with Crippen LogP contribution in [0.3, 0.4) is 0 Å². The van der Waals surface area contributed by atoms with Crippen LogP contribution in [0.1, 0.15) is 38.5 Å². The molecule has 0 aromatic heterocycles. The lowest BCUT2D eigenvalue weighted by molar-refractivity contribution is -0.142. The fourth-order valence-electron chi connectivity index (χ4n) is 3.48. The molecule has 4 nitrogen and oxygen atoms in total. The number of likely N-dealkylation sites (tertiary alicyclic amines) is 1. The van der Waals surface area contributed by atoms with Crippen molar-refractivity contribution in [2.75, 3.05) is 19.7 Å². The average Bonchev–Trinajstić information content (AvgIpc) is 3.09. The van der Waals surface area contributed by atoms with Crippen LogP contribution in [-0.4, -0.2) is 48.7 Å². The molecule has 0 radical (unpaired) electrons. The summed E-state index contributed by atoms with van der Waals surface area (Å²) in [4.78, 5) is 14.5. The van der Waals surface area contributed by atoms with Crippen molar-refractivity contribution in [2.24, 2.45) is 0 Å². The fraction of sp³-hybridized carbons (Fsp3) is 0.923. The summed E-state index contributed by atoms with van der Waals surface area (Å²) in [6.07, 6.45) is 6.61. The van der Waals surface area contributed by atoms with Crippen LogP contribution in [0.4, 0.5) is 0 Å². The highest BCUT2D eigenvalue weighted by atomic mass is 16.5. The van der Waals surface area contributed by atoms with Gasteiger partial charge in [-0.1, -0.05) is 0 Å². The summed E-state index contributed by atoms with van der Waals surface area (Å²) < 4.78 is 5.53. The largest absolute Gasteiger partial charge is 0.368 e. The highest BCUT2D eigenvalue weighted by Crippen LogP contribution is 2.27. The van der Waals surface area contributed by atoms with Crippen molar-refractivity contribution in [1.82, 2.24) is 10.2 Å². The maximum absolute atomic E-state index is 12.4. The van der Waals surface area contributed by atoms with Gasteiger partial charge in [-0.3, -0.25) is 4.79 Å². The van der Waals surface area contributed by atoms with Crippen molar-refractivity contribution in [1.29, 1.82) is 0 Å². The van der Waals surface area contributed by atoms with Crippen LogP contribution >= 0.6 is 0 Å². The summed E-state index contributed by atoms with van der Waals surface area (Å²) in [6.45, 7) is 2.81. The van der Waals surface area contributed by atoms with E-state index in [2.05, 4.69) is 10.2 Å². The lowest BCUT2D eigenvalue weighted by Gasteiger charge is -2.31. The van der Waals surface area contributed by atoms with Gasteiger partial charge in [0.15, 0.2) is 0 Å². The molecule has 96 valence electrons. The van der Waals surface area contributed by atoms with Gasteiger partial charge in [-0.15, -0.1) is 0 Å². The summed E-state index contributed by atoms with van der Waals surface area (Å²) in [7, 11) is 0. The summed E-state index contributed by atoms with van der Waals surface area (Å²) in [5.41, 5.74) is 0. The second-order valence-corrected chi connectivity index (χ2v) is 5.45. The van der Waals surface area contributed by atoms with Crippen molar-refractivity contribution in [3.63, 3.8) is 0 Å². The van der Waals surface area contributed by atoms with Gasteiger partial charge in [-0.05, 0) is 45.1 Å². The van der Waals surface area contributed by atoms with E-state index in [9.17, 15) is 4.79 Å². The first kappa shape index (κ1) is 11.5. The van der Waals surface area contributed by atoms with Gasteiger partial charge >= 0.3 is 0 Å². The Labute approximate surface area is 103 Å². The van der Waals surface area contributed by atoms with Crippen molar-refractivity contribution < 1.29 is 9.53 Å². The summed E-state index contributed by atoms with van der Waals surface area (Å²) in [6, 6.07) is 0.956. The van der Waals surface area contributed by atoms with Crippen LogP contribution in [0, 0.1) is 0 Å². The fourth-order valence-corrected chi connectivity index (χ4v) is 3.48. The Hall–Kier alpha value is -0.610. The van der Waals surface area contributed by atoms with E-state index < -0.39 is 0 Å². The van der Waals surface area contributed by atoms with Crippen molar-refractivity contribution in [3.05, 3.63) is 0 Å². The number of ether oxygens (including phenoxy) is 1. The number of nitrogens with zero attached hydrogens (tertiary/aromatic N) is 1. The molecule has 1 N–H and O–H groups in total. The minimum Gasteiger partial charge on any atom is -0.368 e. The third-order valence-electron chi connectivity index (χ3n) is 4.35. The van der Waals surface area contributed by atoms with Gasteiger partial charge in [0, 0.05) is 25.2 Å². The number of hydrogen-bond acceptors (Lipinski definition) is 3. The van der Waals surface area contributed by atoms with E-state index in [1.54, 1.807) is 0 Å². The topological polar surface area (TPSA) is 41.6 Å². The molecular formula is C13H22N2O2. The first-order valence-electron chi connectivity index (χ1n) is 7.02. The number of carbonyl (C=O) groups excluding carboxylic acids is 1. The Morgan fingerprint density at radius 2 is 2.12 bits per heavy atom. The van der Waals surface area contributed by atoms with Crippen molar-refractivity contribution >= 4 is 5.91 Å². The SMILES string of the molecule is O=C(C1CCCO1)N1CCCC1C1CCCN1. The third kappa shape index (κ3) is 2.20. The molecule has 3 fully saturated rings. The molecule has 17 heavy (non-hydrogen) atoms. The standard InChI is InChI=1S/C13H22N2O2/c16-13(12-6-3-9-17-12)15-8-2-5-11(15)10-4-1-7-14-10/h10-12,14H,1-9H2. The van der Waals surface area contributed by atoms with E-state index in [4.69, 9.17) is 4.74 Å². The van der Waals surface area contributed by atoms with Gasteiger partial charge in [0.25, 0.3) is 5.91 Å². The van der Waals surface area contributed by atoms with Crippen LogP contribution in [0.5, 0.6) is 0 Å². The van der Waals surface area contributed by atoms with Crippen molar-refractivity contribution in [3.8, 4) is 0 Å². The van der Waals surface area contributed by atoms with Crippen LogP contribution in [0.25, 0.3) is 0 Å². The molecule has 0 saturated carbocycles. The molecule has 3 aliphatic heterocycles. The van der Waals surface area contributed by atoms with E-state index in [1.165, 1.54) is 12.8 Å². The number of carbonyl (C=O) groups is 1. The van der Waals surface area contributed by atoms with Crippen LogP contribution < -0.4 is 5.32 Å². The number of rotatable bonds is 2. The van der Waals surface area contributed by atoms with E-state index in [0.717, 1.165) is 45.4 Å². The zero-order valence-corrected chi connectivity index (χ0v) is 10.4. The molecule has 3 rings (SSSR count). The third-order valence-corrected chi connectivity index (χ3v) is 4.35. The Morgan fingerprint density at radius 3 is 2.82 bits per heavy atom. The van der Waals surface area contributed by atoms with Gasteiger partial charge in [0.05, 0.1) is 0 Å². The quantitative estimate of drug-likeness (QED) is 0.777. The van der Waals surface area contributed by atoms with Gasteiger partial charge in [0.1, 0.15) is 6.10 Å². The maximum atomic E-state index is 12.4. The van der Waals surface area contributed by atoms with Crippen molar-refractivity contribution in [2.45, 2.75) is 56.7 Å². The predicted octanol–water partition coefficient (Wildman–Crippen LogP) is 0.908. The van der Waals surface area contributed by atoms with E-state index in [0.29, 0.717) is 12.1 Å². The zero-order chi connectivity index (χ0) is 11.7. The predicted molar refractivity (Wildman–Crippen MR) is 64.7 cm³/mol. The number of amides is 1. The lowest BCUT2D eigenvalue weighted by atomic mass is 10.0. The number of hydrogen-bond donors (Lipinski definition) is 1. The highest BCUT2D eigenvalue weighted by Gasteiger charge is 2.39. The molecule has 3 heterocycles. The number of nitrogens with one attached hydrogen (secondary N) is 1. The molecule has 4 heteroatoms. The Kier molecular flexibility index (Phi) is 3.34. The van der Waals surface area contributed by atoms with Crippen LogP contribution in [-0.2, 0) is 9.53 Å². The van der Waals surface area contributed by atoms with E-state index in [-0.39, 0.29) is 12.0 Å². The molecule has 0 aliphatic carbocycles. The van der Waals surface area contributed by atoms with Gasteiger partial charge < -0.3 is 15.0 Å².